The molecule has 0 radical (unpaired) electrons. The standard InChI is InChI=1S/C21H24F3N3OS/c1-15(20(28)25-17-6-4-8-19(14-17)29-2)26-9-11-27(12-10-26)18-7-3-5-16(13-18)21(22,23)24/h3-8,13-15H,9-12H2,1-2H3,(H,25,28). The van der Waals surface area contributed by atoms with Gasteiger partial charge in [-0.2, -0.15) is 13.2 Å². The molecule has 0 aliphatic carbocycles. The molecule has 1 atom stereocenters. The first-order chi connectivity index (χ1) is 13.8. The van der Waals surface area contributed by atoms with E-state index in [9.17, 15) is 18.0 Å². The average molecular weight is 424 g/mol. The molecule has 0 saturated carbocycles. The van der Waals surface area contributed by atoms with Crippen LogP contribution in [-0.2, 0) is 11.0 Å². The summed E-state index contributed by atoms with van der Waals surface area (Å²) in [6.07, 6.45) is -2.37. The van der Waals surface area contributed by atoms with Crippen LogP contribution in [0.1, 0.15) is 12.5 Å². The van der Waals surface area contributed by atoms with Gasteiger partial charge in [-0.25, -0.2) is 0 Å². The number of piperazine rings is 1. The molecule has 1 fully saturated rings. The number of hydrogen-bond donors (Lipinski definition) is 1. The van der Waals surface area contributed by atoms with Crippen LogP contribution in [0.4, 0.5) is 24.5 Å². The van der Waals surface area contributed by atoms with Crippen LogP contribution in [0.3, 0.4) is 0 Å². The first-order valence-electron chi connectivity index (χ1n) is 9.39. The van der Waals surface area contributed by atoms with Crippen LogP contribution in [0.25, 0.3) is 0 Å². The van der Waals surface area contributed by atoms with E-state index in [0.29, 0.717) is 31.9 Å². The van der Waals surface area contributed by atoms with Crippen molar-refractivity contribution < 1.29 is 18.0 Å². The van der Waals surface area contributed by atoms with Crippen molar-refractivity contribution >= 4 is 29.0 Å². The van der Waals surface area contributed by atoms with E-state index in [1.807, 2.05) is 42.3 Å². The number of anilines is 2. The number of carbonyl (C=O) groups is 1. The van der Waals surface area contributed by atoms with Crippen LogP contribution < -0.4 is 10.2 Å². The molecule has 1 aliphatic heterocycles. The molecule has 4 nitrogen and oxygen atoms in total. The summed E-state index contributed by atoms with van der Waals surface area (Å²) in [4.78, 5) is 17.7. The molecule has 0 bridgehead atoms. The van der Waals surface area contributed by atoms with E-state index in [1.54, 1.807) is 17.8 Å². The molecule has 1 N–H and O–H groups in total. The largest absolute Gasteiger partial charge is 0.416 e. The number of rotatable bonds is 5. The molecule has 1 amide bonds. The van der Waals surface area contributed by atoms with E-state index in [0.717, 1.165) is 16.6 Å². The Morgan fingerprint density at radius 2 is 1.76 bits per heavy atom. The van der Waals surface area contributed by atoms with E-state index in [-0.39, 0.29) is 11.9 Å². The predicted molar refractivity (Wildman–Crippen MR) is 112 cm³/mol. The third-order valence-corrected chi connectivity index (χ3v) is 5.84. The van der Waals surface area contributed by atoms with Gasteiger partial charge < -0.3 is 10.2 Å². The summed E-state index contributed by atoms with van der Waals surface area (Å²) in [6, 6.07) is 12.7. The van der Waals surface area contributed by atoms with Gasteiger partial charge in [-0.15, -0.1) is 11.8 Å². The Kier molecular flexibility index (Phi) is 6.74. The molecule has 1 aliphatic rings. The fourth-order valence-corrected chi connectivity index (χ4v) is 3.82. The summed E-state index contributed by atoms with van der Waals surface area (Å²) in [5.74, 6) is -0.0872. The quantitative estimate of drug-likeness (QED) is 0.715. The Morgan fingerprint density at radius 1 is 1.07 bits per heavy atom. The highest BCUT2D eigenvalue weighted by Gasteiger charge is 2.31. The second-order valence-electron chi connectivity index (χ2n) is 6.97. The van der Waals surface area contributed by atoms with Gasteiger partial charge in [0.05, 0.1) is 11.6 Å². The number of hydrogen-bond acceptors (Lipinski definition) is 4. The molecular weight excluding hydrogens is 399 g/mol. The Labute approximate surface area is 173 Å². The lowest BCUT2D eigenvalue weighted by Gasteiger charge is -2.38. The molecule has 0 aromatic heterocycles. The Balaban J connectivity index is 1.58. The summed E-state index contributed by atoms with van der Waals surface area (Å²) >= 11 is 1.61. The SMILES string of the molecule is CSc1cccc(NC(=O)C(C)N2CCN(c3cccc(C(F)(F)F)c3)CC2)c1. The highest BCUT2D eigenvalue weighted by atomic mass is 32.2. The molecule has 2 aromatic rings. The number of thioether (sulfide) groups is 1. The molecular formula is C21H24F3N3OS. The smallest absolute Gasteiger partial charge is 0.369 e. The first-order valence-corrected chi connectivity index (χ1v) is 10.6. The number of benzene rings is 2. The maximum atomic E-state index is 12.9. The van der Waals surface area contributed by atoms with Crippen LogP contribution in [0, 0.1) is 0 Å². The number of nitrogens with one attached hydrogen (secondary N) is 1. The lowest BCUT2D eigenvalue weighted by atomic mass is 10.1. The summed E-state index contributed by atoms with van der Waals surface area (Å²) in [5, 5.41) is 2.95. The monoisotopic (exact) mass is 423 g/mol. The van der Waals surface area contributed by atoms with Crippen molar-refractivity contribution in [2.75, 3.05) is 42.7 Å². The zero-order valence-corrected chi connectivity index (χ0v) is 17.2. The normalized spacial score (nSPS) is 16.5. The molecule has 8 heteroatoms. The van der Waals surface area contributed by atoms with E-state index in [1.165, 1.54) is 12.1 Å². The van der Waals surface area contributed by atoms with Gasteiger partial charge in [0.2, 0.25) is 5.91 Å². The number of carbonyl (C=O) groups excluding carboxylic acids is 1. The van der Waals surface area contributed by atoms with Gasteiger partial charge in [0.15, 0.2) is 0 Å². The number of nitrogens with zero attached hydrogens (tertiary/aromatic N) is 2. The first kappa shape index (κ1) is 21.5. The van der Waals surface area contributed by atoms with Gasteiger partial charge in [-0.3, -0.25) is 9.69 Å². The molecule has 3 rings (SSSR count). The second kappa shape index (κ2) is 9.09. The van der Waals surface area contributed by atoms with E-state index in [4.69, 9.17) is 0 Å². The van der Waals surface area contributed by atoms with Gasteiger partial charge in [-0.05, 0) is 49.6 Å². The fraction of sp³-hybridized carbons (Fsp3) is 0.381. The summed E-state index contributed by atoms with van der Waals surface area (Å²) in [6.45, 7) is 4.21. The number of halogens is 3. The van der Waals surface area contributed by atoms with Gasteiger partial charge in [0.25, 0.3) is 0 Å². The lowest BCUT2D eigenvalue weighted by molar-refractivity contribution is -0.137. The maximum absolute atomic E-state index is 12.9. The minimum absolute atomic E-state index is 0.0872. The summed E-state index contributed by atoms with van der Waals surface area (Å²) in [5.41, 5.74) is 0.680. The van der Waals surface area contributed by atoms with Gasteiger partial charge in [-0.1, -0.05) is 12.1 Å². The van der Waals surface area contributed by atoms with E-state index < -0.39 is 11.7 Å². The third-order valence-electron chi connectivity index (χ3n) is 5.12. The highest BCUT2D eigenvalue weighted by molar-refractivity contribution is 7.98. The third kappa shape index (κ3) is 5.45. The Hall–Kier alpha value is -2.19. The highest BCUT2D eigenvalue weighted by Crippen LogP contribution is 2.32. The van der Waals surface area contributed by atoms with Gasteiger partial charge in [0.1, 0.15) is 0 Å². The van der Waals surface area contributed by atoms with Crippen LogP contribution in [-0.4, -0.2) is 49.3 Å². The molecule has 1 heterocycles. The summed E-state index contributed by atoms with van der Waals surface area (Å²) in [7, 11) is 0. The fourth-order valence-electron chi connectivity index (χ4n) is 3.36. The van der Waals surface area contributed by atoms with Crippen molar-refractivity contribution in [2.45, 2.75) is 24.0 Å². The Bertz CT molecular complexity index is 851. The average Bonchev–Trinajstić information content (AvgIpc) is 2.73. The molecule has 0 spiro atoms. The second-order valence-corrected chi connectivity index (χ2v) is 7.85. The lowest BCUT2D eigenvalue weighted by Crippen LogP contribution is -2.52. The van der Waals surface area contributed by atoms with Crippen LogP contribution in [0.5, 0.6) is 0 Å². The van der Waals surface area contributed by atoms with Crippen molar-refractivity contribution in [3.63, 3.8) is 0 Å². The minimum atomic E-state index is -4.35. The zero-order valence-electron chi connectivity index (χ0n) is 16.4. The van der Waals surface area contributed by atoms with Crippen LogP contribution >= 0.6 is 11.8 Å². The number of alkyl halides is 3. The number of amides is 1. The van der Waals surface area contributed by atoms with Crippen molar-refractivity contribution in [3.05, 3.63) is 54.1 Å². The van der Waals surface area contributed by atoms with Gasteiger partial charge >= 0.3 is 6.18 Å². The zero-order chi connectivity index (χ0) is 21.0. The summed E-state index contributed by atoms with van der Waals surface area (Å²) < 4.78 is 38.8. The van der Waals surface area contributed by atoms with E-state index >= 15 is 0 Å². The Morgan fingerprint density at radius 3 is 2.41 bits per heavy atom. The maximum Gasteiger partial charge on any atom is 0.416 e. The topological polar surface area (TPSA) is 35.6 Å². The van der Waals surface area contributed by atoms with Crippen molar-refractivity contribution in [1.29, 1.82) is 0 Å². The molecule has 1 unspecified atom stereocenters. The van der Waals surface area contributed by atoms with Crippen molar-refractivity contribution in [3.8, 4) is 0 Å². The molecule has 156 valence electrons. The van der Waals surface area contributed by atoms with Crippen molar-refractivity contribution in [2.24, 2.45) is 0 Å². The van der Waals surface area contributed by atoms with Gasteiger partial charge in [0, 0.05) is 42.4 Å². The van der Waals surface area contributed by atoms with Crippen molar-refractivity contribution in [1.82, 2.24) is 4.90 Å². The van der Waals surface area contributed by atoms with Crippen LogP contribution in [0.15, 0.2) is 53.4 Å². The predicted octanol–water partition coefficient (Wildman–Crippen LogP) is 4.58. The molecule has 29 heavy (non-hydrogen) atoms. The van der Waals surface area contributed by atoms with E-state index in [2.05, 4.69) is 10.2 Å². The molecule has 1 saturated heterocycles. The minimum Gasteiger partial charge on any atom is -0.369 e. The van der Waals surface area contributed by atoms with Crippen LogP contribution in [0.2, 0.25) is 0 Å². The molecule has 2 aromatic carbocycles.